The van der Waals surface area contributed by atoms with E-state index < -0.39 is 0 Å². The fourth-order valence-electron chi connectivity index (χ4n) is 0.634. The number of thiocyanates is 2. The zero-order valence-electron chi connectivity index (χ0n) is 8.21. The molecule has 86 valence electrons. The Hall–Kier alpha value is 0.630. The van der Waals surface area contributed by atoms with Crippen molar-refractivity contribution in [3.05, 3.63) is 0 Å². The van der Waals surface area contributed by atoms with E-state index in [1.807, 2.05) is 10.8 Å². The quantitative estimate of drug-likeness (QED) is 0.388. The number of halogens is 1. The third-order valence-electron chi connectivity index (χ3n) is 1.31. The van der Waals surface area contributed by atoms with Crippen LogP contribution < -0.4 is 0 Å². The average Bonchev–Trinajstić information content (AvgIpc) is 2.19. The molecule has 0 amide bonds. The largest absolute Gasteiger partial charge is 0.305 e. The Morgan fingerprint density at radius 2 is 1.40 bits per heavy atom. The molecule has 0 fully saturated rings. The van der Waals surface area contributed by atoms with E-state index >= 15 is 0 Å². The lowest BCUT2D eigenvalue weighted by molar-refractivity contribution is 0.380. The number of nitriles is 2. The molecule has 3 nitrogen and oxygen atoms in total. The minimum Gasteiger partial charge on any atom is -0.305 e. The van der Waals surface area contributed by atoms with Gasteiger partial charge in [-0.15, -0.1) is 12.4 Å². The van der Waals surface area contributed by atoms with E-state index in [4.69, 9.17) is 10.5 Å². The highest BCUT2D eigenvalue weighted by Crippen LogP contribution is 2.20. The molecule has 0 aromatic rings. The average molecular weight is 302 g/mol. The Morgan fingerprint density at radius 3 is 1.73 bits per heavy atom. The Kier molecular flexibility index (Phi) is 17.6. The van der Waals surface area contributed by atoms with Gasteiger partial charge in [-0.2, -0.15) is 10.5 Å². The highest BCUT2D eigenvalue weighted by atomic mass is 35.5. The second kappa shape index (κ2) is 14.6. The Balaban J connectivity index is 0. The van der Waals surface area contributed by atoms with Gasteiger partial charge in [0.2, 0.25) is 0 Å². The van der Waals surface area contributed by atoms with Crippen LogP contribution in [0.1, 0.15) is 0 Å². The van der Waals surface area contributed by atoms with E-state index in [1.165, 1.54) is 21.6 Å². The lowest BCUT2D eigenvalue weighted by Crippen LogP contribution is -2.23. The van der Waals surface area contributed by atoms with Crippen LogP contribution in [0.5, 0.6) is 0 Å². The van der Waals surface area contributed by atoms with Gasteiger partial charge in [0, 0.05) is 46.2 Å². The van der Waals surface area contributed by atoms with Gasteiger partial charge in [0.15, 0.2) is 0 Å². The molecule has 0 bridgehead atoms. The number of hydrogen-bond donors (Lipinski definition) is 0. The SMILES string of the molecule is CN(CCSSC#N)CCSSC#N.Cl. The van der Waals surface area contributed by atoms with Crippen molar-refractivity contribution in [3.8, 4) is 10.8 Å². The summed E-state index contributed by atoms with van der Waals surface area (Å²) in [5.74, 6) is 1.93. The van der Waals surface area contributed by atoms with Gasteiger partial charge in [-0.05, 0) is 7.05 Å². The molecule has 0 saturated heterocycles. The lowest BCUT2D eigenvalue weighted by atomic mass is 10.6. The summed E-state index contributed by atoms with van der Waals surface area (Å²) in [6, 6.07) is 0. The Morgan fingerprint density at radius 1 is 1.00 bits per heavy atom. The standard InChI is InChI=1S/C7H11N3S4.ClH/c1-10(2-4-11-13-6-8)3-5-12-14-7-9;/h2-5H2,1H3;1H. The highest BCUT2D eigenvalue weighted by Gasteiger charge is 1.98. The summed E-state index contributed by atoms with van der Waals surface area (Å²) < 4.78 is 0. The van der Waals surface area contributed by atoms with Crippen molar-refractivity contribution < 1.29 is 0 Å². The third kappa shape index (κ3) is 14.6. The van der Waals surface area contributed by atoms with Crippen LogP contribution in [0.3, 0.4) is 0 Å². The number of hydrogen-bond acceptors (Lipinski definition) is 7. The molecule has 0 aliphatic carbocycles. The smallest absolute Gasteiger partial charge is 0.144 e. The minimum atomic E-state index is 0. The van der Waals surface area contributed by atoms with Crippen molar-refractivity contribution in [3.63, 3.8) is 0 Å². The van der Waals surface area contributed by atoms with Crippen LogP contribution in [-0.2, 0) is 0 Å². The second-order valence-corrected chi connectivity index (χ2v) is 6.70. The first-order valence-corrected chi connectivity index (χ1v) is 8.48. The molecular formula is C7H12ClN3S4. The van der Waals surface area contributed by atoms with Gasteiger partial charge >= 0.3 is 0 Å². The molecule has 0 N–H and O–H groups in total. The summed E-state index contributed by atoms with van der Waals surface area (Å²) in [6.07, 6.45) is 0. The zero-order chi connectivity index (χ0) is 10.6. The van der Waals surface area contributed by atoms with Crippen molar-refractivity contribution in [2.45, 2.75) is 0 Å². The van der Waals surface area contributed by atoms with Crippen LogP contribution in [-0.4, -0.2) is 36.5 Å². The van der Waals surface area contributed by atoms with Gasteiger partial charge in [0.25, 0.3) is 0 Å². The second-order valence-electron chi connectivity index (χ2n) is 2.30. The molecule has 0 aromatic carbocycles. The first-order valence-electron chi connectivity index (χ1n) is 3.85. The van der Waals surface area contributed by atoms with E-state index in [0.717, 1.165) is 24.6 Å². The molecule has 8 heteroatoms. The fourth-order valence-corrected chi connectivity index (χ4v) is 2.94. The molecular weight excluding hydrogens is 290 g/mol. The van der Waals surface area contributed by atoms with Gasteiger partial charge in [-0.1, -0.05) is 21.6 Å². The fraction of sp³-hybridized carbons (Fsp3) is 0.714. The summed E-state index contributed by atoms with van der Waals surface area (Å²) in [7, 11) is 7.65. The van der Waals surface area contributed by atoms with Gasteiger partial charge in [-0.3, -0.25) is 0 Å². The van der Waals surface area contributed by atoms with E-state index in [0.29, 0.717) is 0 Å². The van der Waals surface area contributed by atoms with Gasteiger partial charge in [0.05, 0.1) is 0 Å². The van der Waals surface area contributed by atoms with Crippen LogP contribution in [0.25, 0.3) is 0 Å². The molecule has 0 heterocycles. The topological polar surface area (TPSA) is 50.8 Å². The monoisotopic (exact) mass is 301 g/mol. The number of rotatable bonds is 8. The van der Waals surface area contributed by atoms with Gasteiger partial charge < -0.3 is 4.90 Å². The van der Waals surface area contributed by atoms with Crippen molar-refractivity contribution in [1.82, 2.24) is 4.90 Å². The van der Waals surface area contributed by atoms with Crippen molar-refractivity contribution in [2.75, 3.05) is 31.6 Å². The summed E-state index contributed by atoms with van der Waals surface area (Å²) in [5.41, 5.74) is 0. The maximum atomic E-state index is 8.27. The molecule has 0 aromatic heterocycles. The van der Waals surface area contributed by atoms with Gasteiger partial charge in [0.1, 0.15) is 10.8 Å². The molecule has 0 saturated carbocycles. The van der Waals surface area contributed by atoms with Crippen molar-refractivity contribution >= 4 is 55.6 Å². The minimum absolute atomic E-state index is 0. The van der Waals surface area contributed by atoms with Gasteiger partial charge in [-0.25, -0.2) is 0 Å². The van der Waals surface area contributed by atoms with Crippen LogP contribution in [0, 0.1) is 21.3 Å². The van der Waals surface area contributed by atoms with Crippen LogP contribution in [0.2, 0.25) is 0 Å². The molecule has 0 spiro atoms. The summed E-state index contributed by atoms with van der Waals surface area (Å²) in [5, 5.41) is 20.6. The van der Waals surface area contributed by atoms with E-state index in [9.17, 15) is 0 Å². The van der Waals surface area contributed by atoms with Crippen molar-refractivity contribution in [2.24, 2.45) is 0 Å². The van der Waals surface area contributed by atoms with E-state index in [2.05, 4.69) is 11.9 Å². The van der Waals surface area contributed by atoms with E-state index in [1.54, 1.807) is 21.6 Å². The Bertz CT molecular complexity index is 193. The first kappa shape index (κ1) is 18.0. The molecule has 0 aliphatic heterocycles. The summed E-state index contributed by atoms with van der Waals surface area (Å²) in [4.78, 5) is 2.20. The number of nitrogens with zero attached hydrogens (tertiary/aromatic N) is 3. The van der Waals surface area contributed by atoms with Crippen LogP contribution >= 0.6 is 55.6 Å². The molecule has 15 heavy (non-hydrogen) atoms. The molecule has 0 aliphatic rings. The lowest BCUT2D eigenvalue weighted by Gasteiger charge is -2.14. The highest BCUT2D eigenvalue weighted by molar-refractivity contribution is 8.78. The molecule has 0 atom stereocenters. The molecule has 0 radical (unpaired) electrons. The van der Waals surface area contributed by atoms with E-state index in [-0.39, 0.29) is 12.4 Å². The predicted octanol–water partition coefficient (Wildman–Crippen LogP) is 3.06. The maximum Gasteiger partial charge on any atom is 0.144 e. The molecule has 0 unspecified atom stereocenters. The molecule has 0 rings (SSSR count). The first-order chi connectivity index (χ1) is 6.81. The van der Waals surface area contributed by atoms with Crippen LogP contribution in [0.15, 0.2) is 0 Å². The zero-order valence-corrected chi connectivity index (χ0v) is 12.3. The predicted molar refractivity (Wildman–Crippen MR) is 76.1 cm³/mol. The van der Waals surface area contributed by atoms with Crippen LogP contribution in [0.4, 0.5) is 0 Å². The Labute approximate surface area is 113 Å². The normalized spacial score (nSPS) is 9.07. The maximum absolute atomic E-state index is 8.27. The van der Waals surface area contributed by atoms with Crippen molar-refractivity contribution in [1.29, 1.82) is 10.5 Å². The summed E-state index contributed by atoms with van der Waals surface area (Å²) >= 11 is 0. The summed E-state index contributed by atoms with van der Waals surface area (Å²) in [6.45, 7) is 1.97. The third-order valence-corrected chi connectivity index (χ3v) is 4.54.